The minimum atomic E-state index is -0.455. The number of ether oxygens (including phenoxy) is 2. The summed E-state index contributed by atoms with van der Waals surface area (Å²) in [7, 11) is 1.40. The Hall–Kier alpha value is -1.43. The molecule has 0 radical (unpaired) electrons. The summed E-state index contributed by atoms with van der Waals surface area (Å²) in [6, 6.07) is 10.6. The third-order valence-corrected chi connectivity index (χ3v) is 4.57. The third-order valence-electron chi connectivity index (χ3n) is 3.47. The van der Waals surface area contributed by atoms with Crippen molar-refractivity contribution < 1.29 is 14.3 Å². The lowest BCUT2D eigenvalue weighted by Crippen LogP contribution is -2.45. The number of carbonyl (C=O) groups is 1. The van der Waals surface area contributed by atoms with E-state index in [1.54, 1.807) is 0 Å². The SMILES string of the molecule is COC(=O)C1CN(Cc2cc3ccccc3s2)CCO1. The predicted octanol–water partition coefficient (Wildman–Crippen LogP) is 2.28. The van der Waals surface area contributed by atoms with Gasteiger partial charge in [-0.2, -0.15) is 0 Å². The largest absolute Gasteiger partial charge is 0.467 e. The fraction of sp³-hybridized carbons (Fsp3) is 0.400. The van der Waals surface area contributed by atoms with E-state index in [9.17, 15) is 4.79 Å². The van der Waals surface area contributed by atoms with E-state index < -0.39 is 6.10 Å². The molecule has 20 heavy (non-hydrogen) atoms. The number of rotatable bonds is 3. The first-order valence-electron chi connectivity index (χ1n) is 6.65. The summed E-state index contributed by atoms with van der Waals surface area (Å²) in [5, 5.41) is 1.28. The van der Waals surface area contributed by atoms with Gasteiger partial charge in [-0.05, 0) is 17.5 Å². The Morgan fingerprint density at radius 3 is 3.15 bits per heavy atom. The van der Waals surface area contributed by atoms with E-state index in [2.05, 4.69) is 35.2 Å². The van der Waals surface area contributed by atoms with Crippen molar-refractivity contribution >= 4 is 27.4 Å². The van der Waals surface area contributed by atoms with Gasteiger partial charge >= 0.3 is 5.97 Å². The van der Waals surface area contributed by atoms with Crippen molar-refractivity contribution in [1.29, 1.82) is 0 Å². The molecule has 1 aromatic heterocycles. The lowest BCUT2D eigenvalue weighted by molar-refractivity contribution is -0.159. The lowest BCUT2D eigenvalue weighted by Gasteiger charge is -2.30. The first kappa shape index (κ1) is 13.5. The van der Waals surface area contributed by atoms with Crippen LogP contribution in [0.15, 0.2) is 30.3 Å². The zero-order valence-electron chi connectivity index (χ0n) is 11.4. The van der Waals surface area contributed by atoms with Crippen molar-refractivity contribution in [2.75, 3.05) is 26.8 Å². The summed E-state index contributed by atoms with van der Waals surface area (Å²) in [6.45, 7) is 2.88. The first-order chi connectivity index (χ1) is 9.76. The average Bonchev–Trinajstić information content (AvgIpc) is 2.88. The number of nitrogens with zero attached hydrogens (tertiary/aromatic N) is 1. The summed E-state index contributed by atoms with van der Waals surface area (Å²) in [5.74, 6) is -0.286. The molecule has 5 heteroatoms. The number of benzene rings is 1. The van der Waals surface area contributed by atoms with Crippen LogP contribution in [-0.4, -0.2) is 43.8 Å². The van der Waals surface area contributed by atoms with E-state index in [1.807, 2.05) is 11.3 Å². The number of hydrogen-bond acceptors (Lipinski definition) is 5. The molecule has 1 atom stereocenters. The molecular formula is C15H17NO3S. The Kier molecular flexibility index (Phi) is 4.00. The number of hydrogen-bond donors (Lipinski definition) is 0. The molecule has 0 aliphatic carbocycles. The Balaban J connectivity index is 1.69. The summed E-state index contributed by atoms with van der Waals surface area (Å²) < 4.78 is 11.5. The quantitative estimate of drug-likeness (QED) is 0.813. The van der Waals surface area contributed by atoms with Crippen LogP contribution in [0.25, 0.3) is 10.1 Å². The second kappa shape index (κ2) is 5.91. The number of methoxy groups -OCH3 is 1. The Morgan fingerprint density at radius 2 is 2.35 bits per heavy atom. The standard InChI is InChI=1S/C15H17NO3S/c1-18-15(17)13-10-16(6-7-19-13)9-12-8-11-4-2-3-5-14(11)20-12/h2-5,8,13H,6-7,9-10H2,1H3. The molecule has 1 aromatic carbocycles. The van der Waals surface area contributed by atoms with E-state index in [-0.39, 0.29) is 5.97 Å². The van der Waals surface area contributed by atoms with E-state index in [0.717, 1.165) is 13.1 Å². The number of fused-ring (bicyclic) bond motifs is 1. The van der Waals surface area contributed by atoms with E-state index >= 15 is 0 Å². The summed E-state index contributed by atoms with van der Waals surface area (Å²) in [5.41, 5.74) is 0. The maximum absolute atomic E-state index is 11.5. The van der Waals surface area contributed by atoms with Gasteiger partial charge in [-0.15, -0.1) is 11.3 Å². The average molecular weight is 291 g/mol. The maximum Gasteiger partial charge on any atom is 0.336 e. The van der Waals surface area contributed by atoms with Gasteiger partial charge in [-0.1, -0.05) is 18.2 Å². The van der Waals surface area contributed by atoms with Crippen molar-refractivity contribution in [2.45, 2.75) is 12.6 Å². The fourth-order valence-corrected chi connectivity index (χ4v) is 3.56. The molecule has 1 aliphatic heterocycles. The van der Waals surface area contributed by atoms with Crippen LogP contribution in [0.3, 0.4) is 0 Å². The number of thiophene rings is 1. The van der Waals surface area contributed by atoms with Crippen molar-refractivity contribution in [1.82, 2.24) is 4.90 Å². The minimum absolute atomic E-state index is 0.286. The van der Waals surface area contributed by atoms with Gasteiger partial charge in [0.05, 0.1) is 13.7 Å². The first-order valence-corrected chi connectivity index (χ1v) is 7.47. The highest BCUT2D eigenvalue weighted by molar-refractivity contribution is 7.19. The van der Waals surface area contributed by atoms with Crippen LogP contribution in [0.4, 0.5) is 0 Å². The molecule has 1 saturated heterocycles. The van der Waals surface area contributed by atoms with Crippen molar-refractivity contribution in [3.63, 3.8) is 0 Å². The second-order valence-corrected chi connectivity index (χ2v) is 6.04. The molecule has 0 bridgehead atoms. The molecule has 0 amide bonds. The smallest absolute Gasteiger partial charge is 0.336 e. The number of carbonyl (C=O) groups excluding carboxylic acids is 1. The van der Waals surface area contributed by atoms with E-state index in [1.165, 1.54) is 22.1 Å². The lowest BCUT2D eigenvalue weighted by atomic mass is 10.2. The van der Waals surface area contributed by atoms with Gasteiger partial charge in [0.2, 0.25) is 0 Å². The molecule has 0 spiro atoms. The van der Waals surface area contributed by atoms with Crippen molar-refractivity contribution in [2.24, 2.45) is 0 Å². The second-order valence-electron chi connectivity index (χ2n) is 4.87. The van der Waals surface area contributed by atoms with Gasteiger partial charge in [-0.25, -0.2) is 4.79 Å². The highest BCUT2D eigenvalue weighted by Gasteiger charge is 2.27. The van der Waals surface area contributed by atoms with Gasteiger partial charge in [-0.3, -0.25) is 4.90 Å². The molecule has 1 aliphatic rings. The summed E-state index contributed by atoms with van der Waals surface area (Å²) in [6.07, 6.45) is -0.455. The van der Waals surface area contributed by atoms with Crippen LogP contribution in [0.1, 0.15) is 4.88 Å². The molecule has 2 heterocycles. The molecule has 1 fully saturated rings. The molecule has 106 valence electrons. The van der Waals surface area contributed by atoms with Gasteiger partial charge in [0.1, 0.15) is 0 Å². The topological polar surface area (TPSA) is 38.8 Å². The molecule has 0 saturated carbocycles. The summed E-state index contributed by atoms with van der Waals surface area (Å²) in [4.78, 5) is 15.1. The molecule has 0 N–H and O–H groups in total. The van der Waals surface area contributed by atoms with Crippen LogP contribution < -0.4 is 0 Å². The van der Waals surface area contributed by atoms with Crippen molar-refractivity contribution in [3.8, 4) is 0 Å². The highest BCUT2D eigenvalue weighted by Crippen LogP contribution is 2.26. The van der Waals surface area contributed by atoms with Crippen molar-refractivity contribution in [3.05, 3.63) is 35.2 Å². The molecule has 4 nitrogen and oxygen atoms in total. The fourth-order valence-electron chi connectivity index (χ4n) is 2.46. The molecule has 1 unspecified atom stereocenters. The molecule has 2 aromatic rings. The zero-order valence-corrected chi connectivity index (χ0v) is 12.2. The van der Waals surface area contributed by atoms with Gasteiger partial charge in [0.15, 0.2) is 6.10 Å². The van der Waals surface area contributed by atoms with E-state index in [4.69, 9.17) is 9.47 Å². The van der Waals surface area contributed by atoms with Crippen LogP contribution in [-0.2, 0) is 20.8 Å². The van der Waals surface area contributed by atoms with E-state index in [0.29, 0.717) is 13.2 Å². The highest BCUT2D eigenvalue weighted by atomic mass is 32.1. The number of morpholine rings is 1. The normalized spacial score (nSPS) is 20.1. The van der Waals surface area contributed by atoms with Gasteiger partial charge in [0, 0.05) is 29.2 Å². The monoisotopic (exact) mass is 291 g/mol. The zero-order chi connectivity index (χ0) is 13.9. The van der Waals surface area contributed by atoms with Crippen LogP contribution in [0.2, 0.25) is 0 Å². The van der Waals surface area contributed by atoms with Crippen LogP contribution in [0.5, 0.6) is 0 Å². The third kappa shape index (κ3) is 2.85. The summed E-state index contributed by atoms with van der Waals surface area (Å²) >= 11 is 1.81. The van der Waals surface area contributed by atoms with Crippen LogP contribution in [0, 0.1) is 0 Å². The maximum atomic E-state index is 11.5. The van der Waals surface area contributed by atoms with Gasteiger partial charge < -0.3 is 9.47 Å². The van der Waals surface area contributed by atoms with Gasteiger partial charge in [0.25, 0.3) is 0 Å². The minimum Gasteiger partial charge on any atom is -0.467 e. The molecule has 3 rings (SSSR count). The Labute approximate surface area is 121 Å². The number of esters is 1. The predicted molar refractivity (Wildman–Crippen MR) is 78.9 cm³/mol. The Bertz CT molecular complexity index is 577. The Morgan fingerprint density at radius 1 is 1.50 bits per heavy atom. The molecular weight excluding hydrogens is 274 g/mol. The van der Waals surface area contributed by atoms with Crippen LogP contribution >= 0.6 is 11.3 Å².